The normalized spacial score (nSPS) is 22.2. The smallest absolute Gasteiger partial charge is 0.338 e. The summed E-state index contributed by atoms with van der Waals surface area (Å²) in [6.07, 6.45) is -1.17. The first kappa shape index (κ1) is 22.6. The fourth-order valence-electron chi connectivity index (χ4n) is 4.79. The van der Waals surface area contributed by atoms with Gasteiger partial charge in [0.15, 0.2) is 0 Å². The second-order valence-corrected chi connectivity index (χ2v) is 8.03. The lowest BCUT2D eigenvalue weighted by molar-refractivity contribution is -0.154. The maximum atomic E-state index is 13.3. The highest BCUT2D eigenvalue weighted by molar-refractivity contribution is 5.89. The minimum atomic E-state index is -1.33. The van der Waals surface area contributed by atoms with Crippen LogP contribution in [0.5, 0.6) is 5.75 Å². The Morgan fingerprint density at radius 1 is 0.909 bits per heavy atom. The second-order valence-electron chi connectivity index (χ2n) is 8.03. The molecule has 0 heterocycles. The van der Waals surface area contributed by atoms with Gasteiger partial charge in [0, 0.05) is 11.8 Å². The zero-order chi connectivity index (χ0) is 23.4. The number of carbonyl (C=O) groups excluding carboxylic acids is 2. The van der Waals surface area contributed by atoms with Crippen molar-refractivity contribution in [3.05, 3.63) is 102 Å². The average Bonchev–Trinajstić information content (AvgIpc) is 3.56. The fourth-order valence-corrected chi connectivity index (χ4v) is 4.79. The molecule has 0 amide bonds. The number of aliphatic hydroxyl groups is 1. The number of ether oxygens (including phenoxy) is 3. The summed E-state index contributed by atoms with van der Waals surface area (Å²) in [6, 6.07) is 25.0. The van der Waals surface area contributed by atoms with Crippen molar-refractivity contribution >= 4 is 11.9 Å². The van der Waals surface area contributed by atoms with E-state index in [-0.39, 0.29) is 6.61 Å². The Balaban J connectivity index is 1.73. The highest BCUT2D eigenvalue weighted by Gasteiger charge is 2.75. The lowest BCUT2D eigenvalue weighted by Crippen LogP contribution is -2.30. The van der Waals surface area contributed by atoms with E-state index in [1.54, 1.807) is 61.7 Å². The zero-order valence-corrected chi connectivity index (χ0v) is 18.5. The molecular weight excluding hydrogens is 420 g/mol. The number of methoxy groups -OCH3 is 2. The quantitative estimate of drug-likeness (QED) is 0.524. The molecule has 3 aromatic rings. The molecule has 0 saturated heterocycles. The number of rotatable bonds is 8. The number of aliphatic hydroxyl groups excluding tert-OH is 1. The molecule has 4 rings (SSSR count). The van der Waals surface area contributed by atoms with Crippen molar-refractivity contribution < 1.29 is 28.9 Å². The van der Waals surface area contributed by atoms with E-state index >= 15 is 0 Å². The van der Waals surface area contributed by atoms with Gasteiger partial charge in [0.25, 0.3) is 0 Å². The minimum Gasteiger partial charge on any atom is -0.496 e. The summed E-state index contributed by atoms with van der Waals surface area (Å²) in [5, 5.41) is 11.5. The predicted octanol–water partition coefficient (Wildman–Crippen LogP) is 4.16. The Bertz CT molecular complexity index is 1110. The standard InChI is InChI=1S/C27H26O6/c1-31-22-16-10-9-15-20(22)23-21(17-33-25(29)19-13-7-4-8-14-19)27(23,26(30)32-2)24(28)18-11-5-3-6-12-18/h3-16,21,23-24,28H,17H2,1-2H3/t21-,23-,24?,27?/m1/s1. The predicted molar refractivity (Wildman–Crippen MR) is 122 cm³/mol. The first-order chi connectivity index (χ1) is 16.1. The Hall–Kier alpha value is -3.64. The number of esters is 2. The molecule has 1 N–H and O–H groups in total. The molecule has 0 radical (unpaired) electrons. The van der Waals surface area contributed by atoms with Gasteiger partial charge in [-0.2, -0.15) is 0 Å². The van der Waals surface area contributed by atoms with E-state index in [2.05, 4.69) is 0 Å². The van der Waals surface area contributed by atoms with E-state index < -0.39 is 35.3 Å². The Morgan fingerprint density at radius 3 is 2.15 bits per heavy atom. The molecule has 0 bridgehead atoms. The molecule has 0 aliphatic heterocycles. The van der Waals surface area contributed by atoms with E-state index in [0.717, 1.165) is 5.56 Å². The highest BCUT2D eigenvalue weighted by Crippen LogP contribution is 2.72. The fraction of sp³-hybridized carbons (Fsp3) is 0.259. The van der Waals surface area contributed by atoms with E-state index in [4.69, 9.17) is 14.2 Å². The molecule has 0 spiro atoms. The van der Waals surface area contributed by atoms with Gasteiger partial charge in [0.2, 0.25) is 0 Å². The zero-order valence-electron chi connectivity index (χ0n) is 18.5. The van der Waals surface area contributed by atoms with E-state index in [9.17, 15) is 14.7 Å². The van der Waals surface area contributed by atoms with Gasteiger partial charge in [-0.3, -0.25) is 4.79 Å². The Labute approximate surface area is 192 Å². The van der Waals surface area contributed by atoms with Crippen LogP contribution in [0.1, 0.15) is 33.5 Å². The van der Waals surface area contributed by atoms with Crippen LogP contribution < -0.4 is 4.74 Å². The molecule has 1 fully saturated rings. The molecule has 1 saturated carbocycles. The largest absolute Gasteiger partial charge is 0.496 e. The number of benzene rings is 3. The van der Waals surface area contributed by atoms with Gasteiger partial charge in [-0.25, -0.2) is 4.79 Å². The van der Waals surface area contributed by atoms with Crippen LogP contribution in [0.4, 0.5) is 0 Å². The topological polar surface area (TPSA) is 82.1 Å². The van der Waals surface area contributed by atoms with E-state index in [1.165, 1.54) is 7.11 Å². The number of hydrogen-bond donors (Lipinski definition) is 1. The van der Waals surface area contributed by atoms with Gasteiger partial charge in [-0.05, 0) is 29.3 Å². The SMILES string of the molecule is COC(=O)C1(C(O)c2ccccc2)[C@H](COC(=O)c2ccccc2)[C@H]1c1ccccc1OC. The Kier molecular flexibility index (Phi) is 6.47. The molecule has 4 atom stereocenters. The molecule has 6 heteroatoms. The maximum Gasteiger partial charge on any atom is 0.338 e. The molecular formula is C27H26O6. The molecule has 33 heavy (non-hydrogen) atoms. The third kappa shape index (κ3) is 3.98. The van der Waals surface area contributed by atoms with Crippen LogP contribution in [0.25, 0.3) is 0 Å². The van der Waals surface area contributed by atoms with Gasteiger partial charge in [-0.15, -0.1) is 0 Å². The minimum absolute atomic E-state index is 0.0601. The van der Waals surface area contributed by atoms with Crippen LogP contribution in [0.3, 0.4) is 0 Å². The summed E-state index contributed by atoms with van der Waals surface area (Å²) in [6.45, 7) is -0.0601. The third-order valence-electron chi connectivity index (χ3n) is 6.41. The van der Waals surface area contributed by atoms with Crippen molar-refractivity contribution in [2.24, 2.45) is 11.3 Å². The van der Waals surface area contributed by atoms with Crippen molar-refractivity contribution in [1.29, 1.82) is 0 Å². The summed E-state index contributed by atoms with van der Waals surface area (Å²) in [5.74, 6) is -1.44. The third-order valence-corrected chi connectivity index (χ3v) is 6.41. The summed E-state index contributed by atoms with van der Waals surface area (Å²) in [4.78, 5) is 25.9. The monoisotopic (exact) mass is 446 g/mol. The molecule has 1 aliphatic carbocycles. The molecule has 3 aromatic carbocycles. The summed E-state index contributed by atoms with van der Waals surface area (Å²) < 4.78 is 16.3. The van der Waals surface area contributed by atoms with Crippen LogP contribution in [-0.4, -0.2) is 37.9 Å². The molecule has 1 aliphatic rings. The van der Waals surface area contributed by atoms with Crippen molar-refractivity contribution in [2.75, 3.05) is 20.8 Å². The lowest BCUT2D eigenvalue weighted by atomic mass is 9.87. The molecule has 0 aromatic heterocycles. The number of para-hydroxylation sites is 1. The van der Waals surface area contributed by atoms with Crippen LogP contribution in [0.15, 0.2) is 84.9 Å². The molecule has 6 nitrogen and oxygen atoms in total. The average molecular weight is 446 g/mol. The van der Waals surface area contributed by atoms with Gasteiger partial charge in [0.05, 0.1) is 32.5 Å². The highest BCUT2D eigenvalue weighted by atomic mass is 16.5. The lowest BCUT2D eigenvalue weighted by Gasteiger charge is -2.23. The van der Waals surface area contributed by atoms with Crippen molar-refractivity contribution in [3.8, 4) is 5.75 Å². The summed E-state index contributed by atoms with van der Waals surface area (Å²) >= 11 is 0. The first-order valence-electron chi connectivity index (χ1n) is 10.7. The summed E-state index contributed by atoms with van der Waals surface area (Å²) in [5.41, 5.74) is 0.418. The first-order valence-corrected chi connectivity index (χ1v) is 10.7. The van der Waals surface area contributed by atoms with Crippen LogP contribution >= 0.6 is 0 Å². The second kappa shape index (κ2) is 9.46. The van der Waals surface area contributed by atoms with Crippen molar-refractivity contribution in [1.82, 2.24) is 0 Å². The molecule has 2 unspecified atom stereocenters. The van der Waals surface area contributed by atoms with Gasteiger partial charge >= 0.3 is 11.9 Å². The van der Waals surface area contributed by atoms with Crippen molar-refractivity contribution in [2.45, 2.75) is 12.0 Å². The number of carbonyl (C=O) groups is 2. The van der Waals surface area contributed by atoms with Crippen molar-refractivity contribution in [3.63, 3.8) is 0 Å². The molecule has 170 valence electrons. The van der Waals surface area contributed by atoms with Gasteiger partial charge in [-0.1, -0.05) is 66.7 Å². The Morgan fingerprint density at radius 2 is 1.52 bits per heavy atom. The van der Waals surface area contributed by atoms with E-state index in [1.807, 2.05) is 30.3 Å². The number of hydrogen-bond acceptors (Lipinski definition) is 6. The van der Waals surface area contributed by atoms with E-state index in [0.29, 0.717) is 16.9 Å². The van der Waals surface area contributed by atoms with Gasteiger partial charge < -0.3 is 19.3 Å². The maximum absolute atomic E-state index is 13.3. The van der Waals surface area contributed by atoms with Gasteiger partial charge in [0.1, 0.15) is 11.2 Å². The van der Waals surface area contributed by atoms with Crippen LogP contribution in [-0.2, 0) is 14.3 Å². The summed E-state index contributed by atoms with van der Waals surface area (Å²) in [7, 11) is 2.85. The van der Waals surface area contributed by atoms with Crippen LogP contribution in [0, 0.1) is 11.3 Å². The van der Waals surface area contributed by atoms with Crippen LogP contribution in [0.2, 0.25) is 0 Å².